The quantitative estimate of drug-likeness (QED) is 0.621. The fraction of sp³-hybridized carbons (Fsp3) is 0.235. The Morgan fingerprint density at radius 3 is 2.26 bits per heavy atom. The summed E-state index contributed by atoms with van der Waals surface area (Å²) in [7, 11) is -3.74. The number of nitrogens with one attached hydrogen (secondary N) is 1. The van der Waals surface area contributed by atoms with E-state index in [0.29, 0.717) is 13.1 Å². The third-order valence-corrected chi connectivity index (χ3v) is 6.76. The number of sulfonamides is 1. The number of halogens is 4. The molecule has 146 valence electrons. The molecule has 5 nitrogen and oxygen atoms in total. The van der Waals surface area contributed by atoms with E-state index in [0.717, 1.165) is 12.1 Å². The van der Waals surface area contributed by atoms with Crippen molar-refractivity contribution >= 4 is 56.4 Å². The van der Waals surface area contributed by atoms with Gasteiger partial charge in [-0.1, -0.05) is 48.7 Å². The third kappa shape index (κ3) is 4.73. The van der Waals surface area contributed by atoms with Crippen LogP contribution in [0, 0.1) is 5.82 Å². The maximum absolute atomic E-state index is 13.6. The largest absolute Gasteiger partial charge is 0.321 e. The zero-order valence-electron chi connectivity index (χ0n) is 14.4. The molecular weight excluding hydrogens is 438 g/mol. The summed E-state index contributed by atoms with van der Waals surface area (Å²) < 4.78 is 40.2. The minimum absolute atomic E-state index is 0.0284. The van der Waals surface area contributed by atoms with Crippen molar-refractivity contribution in [2.24, 2.45) is 0 Å². The molecule has 0 unspecified atom stereocenters. The molecule has 0 saturated carbocycles. The lowest BCUT2D eigenvalue weighted by atomic mass is 10.2. The lowest BCUT2D eigenvalue weighted by Gasteiger charge is -2.19. The number of benzene rings is 2. The lowest BCUT2D eigenvalue weighted by Crippen LogP contribution is -2.30. The number of nitrogens with zero attached hydrogens (tertiary/aromatic N) is 1. The van der Waals surface area contributed by atoms with Gasteiger partial charge >= 0.3 is 0 Å². The van der Waals surface area contributed by atoms with Gasteiger partial charge in [0.15, 0.2) is 0 Å². The van der Waals surface area contributed by atoms with E-state index in [4.69, 9.17) is 34.8 Å². The van der Waals surface area contributed by atoms with E-state index in [1.165, 1.54) is 22.5 Å². The van der Waals surface area contributed by atoms with Gasteiger partial charge in [-0.25, -0.2) is 12.8 Å². The first kappa shape index (κ1) is 21.9. The van der Waals surface area contributed by atoms with E-state index in [1.54, 1.807) is 13.8 Å². The Hall–Kier alpha value is -1.38. The molecule has 0 aliphatic heterocycles. The molecule has 2 aromatic rings. The minimum Gasteiger partial charge on any atom is -0.321 e. The van der Waals surface area contributed by atoms with E-state index in [2.05, 4.69) is 5.32 Å². The van der Waals surface area contributed by atoms with Crippen LogP contribution in [-0.4, -0.2) is 31.7 Å². The third-order valence-electron chi connectivity index (χ3n) is 3.78. The van der Waals surface area contributed by atoms with Crippen molar-refractivity contribution in [2.75, 3.05) is 18.4 Å². The molecule has 0 saturated heterocycles. The van der Waals surface area contributed by atoms with Crippen molar-refractivity contribution in [3.05, 3.63) is 56.8 Å². The van der Waals surface area contributed by atoms with Gasteiger partial charge in [0.1, 0.15) is 5.82 Å². The monoisotopic (exact) mass is 452 g/mol. The van der Waals surface area contributed by atoms with Gasteiger partial charge in [0.25, 0.3) is 5.91 Å². The Morgan fingerprint density at radius 2 is 1.67 bits per heavy atom. The Balaban J connectivity index is 2.40. The molecule has 1 amide bonds. The summed E-state index contributed by atoms with van der Waals surface area (Å²) in [5.74, 6) is -1.56. The Labute approximate surface area is 172 Å². The van der Waals surface area contributed by atoms with Crippen molar-refractivity contribution in [1.82, 2.24) is 4.31 Å². The second-order valence-corrected chi connectivity index (χ2v) is 8.59. The lowest BCUT2D eigenvalue weighted by molar-refractivity contribution is 0.102. The standard InChI is InChI=1S/C17H16Cl3FN2O3S/c1-3-23(4-2)27(25,26)10-5-6-12(18)16(7-10)22-17(24)11-8-15(21)14(20)9-13(11)19/h5-9H,3-4H2,1-2H3,(H,22,24). The number of hydrogen-bond donors (Lipinski definition) is 1. The topological polar surface area (TPSA) is 66.5 Å². The molecule has 0 aliphatic rings. The van der Waals surface area contributed by atoms with Gasteiger partial charge in [-0.15, -0.1) is 0 Å². The smallest absolute Gasteiger partial charge is 0.257 e. The Bertz CT molecular complexity index is 980. The molecule has 0 aromatic heterocycles. The Kier molecular flexibility index (Phi) is 7.10. The van der Waals surface area contributed by atoms with Gasteiger partial charge in [-0.05, 0) is 30.3 Å². The van der Waals surface area contributed by atoms with Crippen LogP contribution >= 0.6 is 34.8 Å². The summed E-state index contributed by atoms with van der Waals surface area (Å²) in [5, 5.41) is 2.30. The van der Waals surface area contributed by atoms with E-state index in [1.807, 2.05) is 0 Å². The highest BCUT2D eigenvalue weighted by Gasteiger charge is 2.23. The molecule has 10 heteroatoms. The molecular formula is C17H16Cl3FN2O3S. The second-order valence-electron chi connectivity index (χ2n) is 5.43. The summed E-state index contributed by atoms with van der Waals surface area (Å²) in [6.07, 6.45) is 0. The average Bonchev–Trinajstić information content (AvgIpc) is 2.60. The number of anilines is 1. The molecule has 27 heavy (non-hydrogen) atoms. The summed E-state index contributed by atoms with van der Waals surface area (Å²) in [6, 6.07) is 5.95. The summed E-state index contributed by atoms with van der Waals surface area (Å²) in [4.78, 5) is 12.4. The maximum Gasteiger partial charge on any atom is 0.257 e. The predicted octanol–water partition coefficient (Wildman–Crippen LogP) is 5.07. The highest BCUT2D eigenvalue weighted by molar-refractivity contribution is 7.89. The van der Waals surface area contributed by atoms with E-state index < -0.39 is 21.7 Å². The van der Waals surface area contributed by atoms with Crippen LogP contribution in [0.3, 0.4) is 0 Å². The second kappa shape index (κ2) is 8.75. The molecule has 0 heterocycles. The predicted molar refractivity (Wildman–Crippen MR) is 106 cm³/mol. The van der Waals surface area contributed by atoms with Crippen molar-refractivity contribution in [3.63, 3.8) is 0 Å². The van der Waals surface area contributed by atoms with Crippen molar-refractivity contribution in [2.45, 2.75) is 18.7 Å². The average molecular weight is 454 g/mol. The van der Waals surface area contributed by atoms with Crippen molar-refractivity contribution in [3.8, 4) is 0 Å². The van der Waals surface area contributed by atoms with Crippen LogP contribution in [0.4, 0.5) is 10.1 Å². The highest BCUT2D eigenvalue weighted by Crippen LogP contribution is 2.29. The van der Waals surface area contributed by atoms with Gasteiger partial charge in [-0.3, -0.25) is 4.79 Å². The van der Waals surface area contributed by atoms with Crippen LogP contribution in [0.25, 0.3) is 0 Å². The van der Waals surface area contributed by atoms with Crippen LogP contribution in [0.1, 0.15) is 24.2 Å². The molecule has 2 aromatic carbocycles. The molecule has 0 aliphatic carbocycles. The van der Waals surface area contributed by atoms with Crippen molar-refractivity contribution < 1.29 is 17.6 Å². The normalized spacial score (nSPS) is 11.7. The van der Waals surface area contributed by atoms with Crippen LogP contribution in [-0.2, 0) is 10.0 Å². The first-order valence-electron chi connectivity index (χ1n) is 7.87. The molecule has 0 atom stereocenters. The zero-order chi connectivity index (χ0) is 20.4. The van der Waals surface area contributed by atoms with Crippen LogP contribution in [0.2, 0.25) is 15.1 Å². The van der Waals surface area contributed by atoms with E-state index in [-0.39, 0.29) is 31.2 Å². The van der Waals surface area contributed by atoms with Gasteiger partial charge in [0.2, 0.25) is 10.0 Å². The minimum atomic E-state index is -3.74. The number of rotatable bonds is 6. The first-order chi connectivity index (χ1) is 12.6. The molecule has 2 rings (SSSR count). The van der Waals surface area contributed by atoms with Crippen LogP contribution < -0.4 is 5.32 Å². The molecule has 0 fully saturated rings. The van der Waals surface area contributed by atoms with E-state index >= 15 is 0 Å². The Morgan fingerprint density at radius 1 is 1.04 bits per heavy atom. The van der Waals surface area contributed by atoms with Gasteiger partial charge in [0, 0.05) is 13.1 Å². The molecule has 0 bridgehead atoms. The summed E-state index contributed by atoms with van der Waals surface area (Å²) in [6.45, 7) is 4.03. The van der Waals surface area contributed by atoms with E-state index in [9.17, 15) is 17.6 Å². The number of amides is 1. The van der Waals surface area contributed by atoms with Crippen molar-refractivity contribution in [1.29, 1.82) is 0 Å². The molecule has 0 radical (unpaired) electrons. The number of carbonyl (C=O) groups excluding carboxylic acids is 1. The van der Waals surface area contributed by atoms with Crippen LogP contribution in [0.5, 0.6) is 0 Å². The first-order valence-corrected chi connectivity index (χ1v) is 10.4. The SMILES string of the molecule is CCN(CC)S(=O)(=O)c1ccc(Cl)c(NC(=O)c2cc(F)c(Cl)cc2Cl)c1. The molecule has 0 spiro atoms. The maximum atomic E-state index is 13.6. The fourth-order valence-corrected chi connectivity index (χ4v) is 4.48. The number of carbonyl (C=O) groups is 1. The summed E-state index contributed by atoms with van der Waals surface area (Å²) >= 11 is 17.6. The zero-order valence-corrected chi connectivity index (χ0v) is 17.5. The fourth-order valence-electron chi connectivity index (χ4n) is 2.36. The molecule has 1 N–H and O–H groups in total. The van der Waals surface area contributed by atoms with Gasteiger partial charge in [-0.2, -0.15) is 4.31 Å². The van der Waals surface area contributed by atoms with Gasteiger partial charge in [0.05, 0.1) is 31.2 Å². The summed E-state index contributed by atoms with van der Waals surface area (Å²) in [5.41, 5.74) is -0.104. The number of hydrogen-bond acceptors (Lipinski definition) is 3. The van der Waals surface area contributed by atoms with Crippen LogP contribution in [0.15, 0.2) is 35.2 Å². The van der Waals surface area contributed by atoms with Gasteiger partial charge < -0.3 is 5.32 Å². The highest BCUT2D eigenvalue weighted by atomic mass is 35.5.